The molecule has 162 valence electrons. The average molecular weight is 463 g/mol. The molecule has 0 aliphatic heterocycles. The Labute approximate surface area is 209 Å². The lowest BCUT2D eigenvalue weighted by Crippen LogP contribution is -1.93. The van der Waals surface area contributed by atoms with E-state index in [9.17, 15) is 0 Å². The highest BCUT2D eigenvalue weighted by atomic mass is 35.5. The van der Waals surface area contributed by atoms with E-state index in [-0.39, 0.29) is 0 Å². The van der Waals surface area contributed by atoms with E-state index < -0.39 is 0 Å². The standard InChI is InChI=1S/C34H19Cl/c35-34-27-16-8-7-15-26(27)23-32-30(21-19-24-11-3-1-4-12-24)28-17-9-10-18-29(28)31(33(32)34)22-20-25-13-5-2-6-14-25/h1-18,23H. The molecule has 0 unspecified atom stereocenters. The molecule has 0 atom stereocenters. The number of rotatable bonds is 0. The van der Waals surface area contributed by atoms with Crippen LogP contribution in [0.5, 0.6) is 0 Å². The van der Waals surface area contributed by atoms with Crippen LogP contribution in [0.2, 0.25) is 5.02 Å². The molecule has 0 aliphatic rings. The van der Waals surface area contributed by atoms with E-state index in [4.69, 9.17) is 11.6 Å². The molecule has 0 heterocycles. The third-order valence-corrected chi connectivity index (χ3v) is 6.57. The first-order valence-corrected chi connectivity index (χ1v) is 11.9. The van der Waals surface area contributed by atoms with Crippen molar-refractivity contribution >= 4 is 43.9 Å². The number of benzene rings is 6. The molecule has 0 saturated heterocycles. The van der Waals surface area contributed by atoms with Gasteiger partial charge in [-0.25, -0.2) is 0 Å². The maximum atomic E-state index is 7.13. The van der Waals surface area contributed by atoms with Crippen LogP contribution in [0.1, 0.15) is 22.3 Å². The van der Waals surface area contributed by atoms with E-state index in [1.807, 2.05) is 78.9 Å². The topological polar surface area (TPSA) is 0 Å². The largest absolute Gasteiger partial charge is 0.0829 e. The number of hydrogen-bond acceptors (Lipinski definition) is 0. The Balaban J connectivity index is 1.76. The van der Waals surface area contributed by atoms with Crippen LogP contribution in [0, 0.1) is 23.7 Å². The van der Waals surface area contributed by atoms with Gasteiger partial charge in [0.25, 0.3) is 0 Å². The van der Waals surface area contributed by atoms with Gasteiger partial charge in [0.2, 0.25) is 0 Å². The highest BCUT2D eigenvalue weighted by molar-refractivity contribution is 6.42. The van der Waals surface area contributed by atoms with Crippen molar-refractivity contribution in [1.29, 1.82) is 0 Å². The number of halogens is 1. The highest BCUT2D eigenvalue weighted by Crippen LogP contribution is 2.40. The smallest absolute Gasteiger partial charge is 0.0576 e. The molecule has 1 heteroatoms. The molecule has 35 heavy (non-hydrogen) atoms. The van der Waals surface area contributed by atoms with Crippen molar-refractivity contribution in [1.82, 2.24) is 0 Å². The second-order valence-electron chi connectivity index (χ2n) is 8.36. The summed E-state index contributed by atoms with van der Waals surface area (Å²) in [5.41, 5.74) is 3.84. The summed E-state index contributed by atoms with van der Waals surface area (Å²) in [6.45, 7) is 0. The first-order valence-electron chi connectivity index (χ1n) is 11.5. The Morgan fingerprint density at radius 3 is 1.54 bits per heavy atom. The van der Waals surface area contributed by atoms with Gasteiger partial charge < -0.3 is 0 Å². The zero-order chi connectivity index (χ0) is 23.6. The highest BCUT2D eigenvalue weighted by Gasteiger charge is 2.16. The lowest BCUT2D eigenvalue weighted by Gasteiger charge is -2.14. The zero-order valence-corrected chi connectivity index (χ0v) is 19.6. The Hall–Kier alpha value is -4.49. The Morgan fingerprint density at radius 2 is 0.914 bits per heavy atom. The van der Waals surface area contributed by atoms with Crippen LogP contribution in [0.25, 0.3) is 32.3 Å². The van der Waals surface area contributed by atoms with Gasteiger partial charge in [0.15, 0.2) is 0 Å². The van der Waals surface area contributed by atoms with E-state index >= 15 is 0 Å². The minimum atomic E-state index is 0.712. The van der Waals surface area contributed by atoms with Gasteiger partial charge in [-0.3, -0.25) is 0 Å². The minimum Gasteiger partial charge on any atom is -0.0829 e. The first-order chi connectivity index (χ1) is 17.3. The molecule has 0 saturated carbocycles. The molecule has 6 aromatic rings. The van der Waals surface area contributed by atoms with Crippen molar-refractivity contribution in [3.63, 3.8) is 0 Å². The molecule has 0 spiro atoms. The van der Waals surface area contributed by atoms with Crippen LogP contribution in [0.4, 0.5) is 0 Å². The van der Waals surface area contributed by atoms with Gasteiger partial charge >= 0.3 is 0 Å². The molecule has 0 aromatic heterocycles. The van der Waals surface area contributed by atoms with Gasteiger partial charge in [-0.1, -0.05) is 120 Å². The van der Waals surface area contributed by atoms with E-state index in [0.29, 0.717) is 5.02 Å². The minimum absolute atomic E-state index is 0.712. The summed E-state index contributed by atoms with van der Waals surface area (Å²) in [7, 11) is 0. The Kier molecular flexibility index (Phi) is 5.44. The molecule has 0 fully saturated rings. The average Bonchev–Trinajstić information content (AvgIpc) is 2.92. The molecule has 0 radical (unpaired) electrons. The summed E-state index contributed by atoms with van der Waals surface area (Å²) in [5, 5.41) is 6.92. The second kappa shape index (κ2) is 9.04. The summed E-state index contributed by atoms with van der Waals surface area (Å²) in [4.78, 5) is 0. The lowest BCUT2D eigenvalue weighted by atomic mass is 9.90. The fourth-order valence-electron chi connectivity index (χ4n) is 4.52. The molecule has 0 amide bonds. The van der Waals surface area contributed by atoms with Crippen LogP contribution < -0.4 is 0 Å². The molecule has 0 N–H and O–H groups in total. The summed E-state index contributed by atoms with van der Waals surface area (Å²) in [5.74, 6) is 13.7. The van der Waals surface area contributed by atoms with Crippen LogP contribution in [0.15, 0.2) is 115 Å². The summed E-state index contributed by atoms with van der Waals surface area (Å²) < 4.78 is 0. The van der Waals surface area contributed by atoms with Crippen molar-refractivity contribution < 1.29 is 0 Å². The van der Waals surface area contributed by atoms with Crippen molar-refractivity contribution in [2.45, 2.75) is 0 Å². The third-order valence-electron chi connectivity index (χ3n) is 6.18. The van der Waals surface area contributed by atoms with Crippen LogP contribution in [0.3, 0.4) is 0 Å². The number of fused-ring (bicyclic) bond motifs is 3. The molecule has 6 aromatic carbocycles. The van der Waals surface area contributed by atoms with E-state index in [2.05, 4.69) is 60.1 Å². The van der Waals surface area contributed by atoms with Crippen molar-refractivity contribution in [3.05, 3.63) is 143 Å². The van der Waals surface area contributed by atoms with Crippen molar-refractivity contribution in [3.8, 4) is 23.7 Å². The van der Waals surface area contributed by atoms with Gasteiger partial charge in [-0.15, -0.1) is 0 Å². The van der Waals surface area contributed by atoms with Crippen molar-refractivity contribution in [2.75, 3.05) is 0 Å². The zero-order valence-electron chi connectivity index (χ0n) is 18.8. The van der Waals surface area contributed by atoms with E-state index in [1.165, 1.54) is 0 Å². The van der Waals surface area contributed by atoms with Gasteiger partial charge in [-0.05, 0) is 46.5 Å². The summed E-state index contributed by atoms with van der Waals surface area (Å²) in [6, 6.07) is 38.9. The van der Waals surface area contributed by atoms with E-state index in [0.717, 1.165) is 54.6 Å². The van der Waals surface area contributed by atoms with Crippen LogP contribution in [-0.4, -0.2) is 0 Å². The maximum Gasteiger partial charge on any atom is 0.0576 e. The third kappa shape index (κ3) is 3.92. The first kappa shape index (κ1) is 21.1. The van der Waals surface area contributed by atoms with Crippen molar-refractivity contribution in [2.24, 2.45) is 0 Å². The molecular weight excluding hydrogens is 444 g/mol. The summed E-state index contributed by atoms with van der Waals surface area (Å²) >= 11 is 7.13. The fourth-order valence-corrected chi connectivity index (χ4v) is 4.89. The SMILES string of the molecule is Clc1c2ccccc2cc2c(C#Cc3ccccc3)c3ccccc3c(C#Cc3ccccc3)c12. The number of hydrogen-bond donors (Lipinski definition) is 0. The fraction of sp³-hybridized carbons (Fsp3) is 0. The molecule has 0 aliphatic carbocycles. The van der Waals surface area contributed by atoms with E-state index in [1.54, 1.807) is 0 Å². The predicted octanol–water partition coefficient (Wildman–Crippen LogP) is 8.60. The monoisotopic (exact) mass is 462 g/mol. The molecule has 0 nitrogen and oxygen atoms in total. The predicted molar refractivity (Wildman–Crippen MR) is 149 cm³/mol. The lowest BCUT2D eigenvalue weighted by molar-refractivity contribution is 1.64. The van der Waals surface area contributed by atoms with Gasteiger partial charge in [-0.2, -0.15) is 0 Å². The normalized spacial score (nSPS) is 10.5. The van der Waals surface area contributed by atoms with Crippen LogP contribution >= 0.6 is 11.6 Å². The molecular formula is C34H19Cl. The Morgan fingerprint density at radius 1 is 0.429 bits per heavy atom. The Bertz CT molecular complexity index is 1840. The van der Waals surface area contributed by atoms with Gasteiger partial charge in [0, 0.05) is 38.4 Å². The summed E-state index contributed by atoms with van der Waals surface area (Å²) in [6.07, 6.45) is 0. The quantitative estimate of drug-likeness (QED) is 0.156. The molecule has 0 bridgehead atoms. The second-order valence-corrected chi connectivity index (χ2v) is 8.74. The van der Waals surface area contributed by atoms with Gasteiger partial charge in [0.05, 0.1) is 5.02 Å². The van der Waals surface area contributed by atoms with Crippen LogP contribution in [-0.2, 0) is 0 Å². The van der Waals surface area contributed by atoms with Gasteiger partial charge in [0.1, 0.15) is 0 Å². The molecule has 6 rings (SSSR count). The maximum absolute atomic E-state index is 7.13.